The summed E-state index contributed by atoms with van der Waals surface area (Å²) < 4.78 is 24.4. The SMILES string of the molecule is COc1cccc(COCCOCc2ccc(N(Cc3ccc(-n4ccnc4)cc3)Cc3cccc(OC)c3)cc2)c1. The molecule has 1 aromatic heterocycles. The van der Waals surface area contributed by atoms with Crippen LogP contribution in [-0.2, 0) is 35.8 Å². The van der Waals surface area contributed by atoms with Crippen LogP contribution in [0.4, 0.5) is 5.69 Å². The van der Waals surface area contributed by atoms with Crippen LogP contribution in [0.1, 0.15) is 22.3 Å². The average Bonchev–Trinajstić information content (AvgIpc) is 3.59. The normalized spacial score (nSPS) is 10.9. The molecule has 0 radical (unpaired) electrons. The van der Waals surface area contributed by atoms with E-state index in [4.69, 9.17) is 18.9 Å². The highest BCUT2D eigenvalue weighted by atomic mass is 16.5. The van der Waals surface area contributed by atoms with Gasteiger partial charge in [0.15, 0.2) is 0 Å². The summed E-state index contributed by atoms with van der Waals surface area (Å²) in [5, 5.41) is 0. The molecule has 216 valence electrons. The van der Waals surface area contributed by atoms with Gasteiger partial charge in [0, 0.05) is 36.9 Å². The fourth-order valence-electron chi connectivity index (χ4n) is 4.70. The van der Waals surface area contributed by atoms with Crippen LogP contribution < -0.4 is 14.4 Å². The molecule has 0 aliphatic heterocycles. The molecule has 0 saturated carbocycles. The molecule has 0 spiro atoms. The van der Waals surface area contributed by atoms with Crippen LogP contribution in [-0.4, -0.2) is 37.0 Å². The summed E-state index contributed by atoms with van der Waals surface area (Å²) in [6.07, 6.45) is 5.55. The third-order valence-electron chi connectivity index (χ3n) is 6.97. The van der Waals surface area contributed by atoms with Gasteiger partial charge in [-0.25, -0.2) is 4.98 Å². The van der Waals surface area contributed by atoms with Crippen molar-refractivity contribution < 1.29 is 18.9 Å². The van der Waals surface area contributed by atoms with E-state index in [1.165, 1.54) is 11.1 Å². The van der Waals surface area contributed by atoms with Crippen LogP contribution in [0.15, 0.2) is 116 Å². The Morgan fingerprint density at radius 3 is 1.88 bits per heavy atom. The number of benzene rings is 4. The van der Waals surface area contributed by atoms with Gasteiger partial charge in [-0.2, -0.15) is 0 Å². The van der Waals surface area contributed by atoms with E-state index in [-0.39, 0.29) is 0 Å². The number of nitrogens with zero attached hydrogens (tertiary/aromatic N) is 3. The van der Waals surface area contributed by atoms with Crippen molar-refractivity contribution >= 4 is 5.69 Å². The average molecular weight is 564 g/mol. The zero-order valence-corrected chi connectivity index (χ0v) is 24.2. The molecule has 0 aliphatic carbocycles. The van der Waals surface area contributed by atoms with Gasteiger partial charge in [0.05, 0.1) is 47.0 Å². The number of anilines is 1. The molecule has 7 nitrogen and oxygen atoms in total. The zero-order chi connectivity index (χ0) is 29.0. The monoisotopic (exact) mass is 563 g/mol. The van der Waals surface area contributed by atoms with Crippen LogP contribution in [0.2, 0.25) is 0 Å². The molecule has 5 aromatic rings. The quantitative estimate of drug-likeness (QED) is 0.130. The predicted octanol–water partition coefficient (Wildman–Crippen LogP) is 6.83. The summed E-state index contributed by atoms with van der Waals surface area (Å²) in [5.74, 6) is 1.69. The van der Waals surface area contributed by atoms with Crippen LogP contribution in [0.5, 0.6) is 11.5 Å². The molecule has 42 heavy (non-hydrogen) atoms. The van der Waals surface area contributed by atoms with Gasteiger partial charge >= 0.3 is 0 Å². The molecule has 0 atom stereocenters. The number of rotatable bonds is 15. The Morgan fingerprint density at radius 1 is 0.643 bits per heavy atom. The third-order valence-corrected chi connectivity index (χ3v) is 6.97. The second-order valence-corrected chi connectivity index (χ2v) is 9.97. The van der Waals surface area contributed by atoms with E-state index in [0.29, 0.717) is 26.4 Å². The molecule has 7 heteroatoms. The fraction of sp³-hybridized carbons (Fsp3) is 0.229. The molecule has 0 bridgehead atoms. The van der Waals surface area contributed by atoms with Gasteiger partial charge in [-0.15, -0.1) is 0 Å². The summed E-state index contributed by atoms with van der Waals surface area (Å²) in [7, 11) is 3.37. The maximum absolute atomic E-state index is 5.88. The van der Waals surface area contributed by atoms with Crippen LogP contribution in [0.25, 0.3) is 5.69 Å². The van der Waals surface area contributed by atoms with Crippen LogP contribution >= 0.6 is 0 Å². The van der Waals surface area contributed by atoms with Crippen molar-refractivity contribution in [1.29, 1.82) is 0 Å². The smallest absolute Gasteiger partial charge is 0.119 e. The van der Waals surface area contributed by atoms with Gasteiger partial charge in [0.1, 0.15) is 11.5 Å². The maximum Gasteiger partial charge on any atom is 0.119 e. The molecule has 0 fully saturated rings. The predicted molar refractivity (Wildman–Crippen MR) is 165 cm³/mol. The zero-order valence-electron chi connectivity index (χ0n) is 24.2. The summed E-state index contributed by atoms with van der Waals surface area (Å²) in [6.45, 7) is 3.65. The Hall–Kier alpha value is -4.59. The van der Waals surface area contributed by atoms with Crippen molar-refractivity contribution in [3.8, 4) is 17.2 Å². The lowest BCUT2D eigenvalue weighted by atomic mass is 10.1. The summed E-state index contributed by atoms with van der Waals surface area (Å²) in [5.41, 5.74) is 6.84. The molecule has 0 saturated heterocycles. The highest BCUT2D eigenvalue weighted by molar-refractivity contribution is 5.49. The van der Waals surface area contributed by atoms with E-state index < -0.39 is 0 Å². The summed E-state index contributed by atoms with van der Waals surface area (Å²) >= 11 is 0. The van der Waals surface area contributed by atoms with Gasteiger partial charge in [-0.3, -0.25) is 0 Å². The Kier molecular flexibility index (Phi) is 10.2. The molecule has 4 aromatic carbocycles. The van der Waals surface area contributed by atoms with E-state index in [2.05, 4.69) is 70.5 Å². The number of hydrogen-bond acceptors (Lipinski definition) is 6. The summed E-state index contributed by atoms with van der Waals surface area (Å²) in [6, 6.07) is 33.3. The van der Waals surface area contributed by atoms with E-state index in [1.54, 1.807) is 20.4 Å². The number of imidazole rings is 1. The highest BCUT2D eigenvalue weighted by Crippen LogP contribution is 2.24. The van der Waals surface area contributed by atoms with Gasteiger partial charge in [0.25, 0.3) is 0 Å². The molecular weight excluding hydrogens is 526 g/mol. The number of aromatic nitrogens is 2. The van der Waals surface area contributed by atoms with Crippen molar-refractivity contribution in [2.45, 2.75) is 26.3 Å². The lowest BCUT2D eigenvalue weighted by molar-refractivity contribution is 0.0338. The highest BCUT2D eigenvalue weighted by Gasteiger charge is 2.11. The Bertz CT molecular complexity index is 1500. The second kappa shape index (κ2) is 14.9. The van der Waals surface area contributed by atoms with E-state index in [9.17, 15) is 0 Å². The molecule has 0 N–H and O–H groups in total. The topological polar surface area (TPSA) is 58.0 Å². The Labute approximate surface area is 247 Å². The van der Waals surface area contributed by atoms with Crippen LogP contribution in [0.3, 0.4) is 0 Å². The molecule has 0 amide bonds. The first-order valence-corrected chi connectivity index (χ1v) is 14.0. The maximum atomic E-state index is 5.88. The van der Waals surface area contributed by atoms with Gasteiger partial charge < -0.3 is 28.4 Å². The Morgan fingerprint density at radius 2 is 1.24 bits per heavy atom. The Balaban J connectivity index is 1.18. The number of hydrogen-bond donors (Lipinski definition) is 0. The van der Waals surface area contributed by atoms with E-state index in [1.807, 2.05) is 53.5 Å². The second-order valence-electron chi connectivity index (χ2n) is 9.97. The van der Waals surface area contributed by atoms with Crippen molar-refractivity contribution in [1.82, 2.24) is 9.55 Å². The molecule has 0 unspecified atom stereocenters. The van der Waals surface area contributed by atoms with Crippen molar-refractivity contribution in [2.24, 2.45) is 0 Å². The van der Waals surface area contributed by atoms with Gasteiger partial charge in [-0.1, -0.05) is 48.5 Å². The minimum atomic E-state index is 0.531. The molecule has 0 aliphatic rings. The number of ether oxygens (including phenoxy) is 4. The van der Waals surface area contributed by atoms with E-state index >= 15 is 0 Å². The first-order valence-electron chi connectivity index (χ1n) is 14.0. The standard InChI is InChI=1S/C35H37N3O4/c1-39-34-7-3-5-30(21-34)24-38(23-28-9-13-32(14-10-28)37-18-17-36-27-37)33-15-11-29(12-16-33)25-41-19-20-42-26-31-6-4-8-35(22-31)40-2/h3-18,21-22,27H,19-20,23-26H2,1-2H3. The third kappa shape index (κ3) is 8.22. The van der Waals surface area contributed by atoms with Crippen LogP contribution in [0, 0.1) is 0 Å². The first-order chi connectivity index (χ1) is 20.7. The van der Waals surface area contributed by atoms with E-state index in [0.717, 1.165) is 47.1 Å². The van der Waals surface area contributed by atoms with Gasteiger partial charge in [0.2, 0.25) is 0 Å². The first kappa shape index (κ1) is 28.9. The van der Waals surface area contributed by atoms with Gasteiger partial charge in [-0.05, 0) is 70.8 Å². The van der Waals surface area contributed by atoms with Crippen molar-refractivity contribution in [3.05, 3.63) is 138 Å². The molecule has 1 heterocycles. The minimum Gasteiger partial charge on any atom is -0.497 e. The van der Waals surface area contributed by atoms with Crippen molar-refractivity contribution in [3.63, 3.8) is 0 Å². The fourth-order valence-corrected chi connectivity index (χ4v) is 4.70. The lowest BCUT2D eigenvalue weighted by Crippen LogP contribution is -2.22. The van der Waals surface area contributed by atoms with Crippen molar-refractivity contribution in [2.75, 3.05) is 32.3 Å². The minimum absolute atomic E-state index is 0.531. The molecule has 5 rings (SSSR count). The summed E-state index contributed by atoms with van der Waals surface area (Å²) in [4.78, 5) is 6.52. The number of methoxy groups -OCH3 is 2. The lowest BCUT2D eigenvalue weighted by Gasteiger charge is -2.26. The largest absolute Gasteiger partial charge is 0.497 e. The molecular formula is C35H37N3O4.